The Hall–Kier alpha value is -1.88. The van der Waals surface area contributed by atoms with Crippen LogP contribution in [0.3, 0.4) is 0 Å². The van der Waals surface area contributed by atoms with Gasteiger partial charge in [0.15, 0.2) is 11.5 Å². The van der Waals surface area contributed by atoms with E-state index in [0.29, 0.717) is 11.5 Å². The Balaban J connectivity index is 2.42. The lowest BCUT2D eigenvalue weighted by molar-refractivity contribution is -0.122. The van der Waals surface area contributed by atoms with Crippen molar-refractivity contribution in [2.75, 3.05) is 0 Å². The van der Waals surface area contributed by atoms with Crippen LogP contribution >= 0.6 is 0 Å². The molecule has 0 radical (unpaired) electrons. The van der Waals surface area contributed by atoms with Crippen LogP contribution in [0.5, 0.6) is 0 Å². The fourth-order valence-electron chi connectivity index (χ4n) is 1.60. The van der Waals surface area contributed by atoms with Gasteiger partial charge >= 0.3 is 0 Å². The van der Waals surface area contributed by atoms with Gasteiger partial charge in [-0.25, -0.2) is 10.8 Å². The maximum absolute atomic E-state index is 11.4. The van der Waals surface area contributed by atoms with Crippen LogP contribution in [0.4, 0.5) is 0 Å². The van der Waals surface area contributed by atoms with Crippen LogP contribution in [-0.2, 0) is 4.79 Å². The average Bonchev–Trinajstić information content (AvgIpc) is 2.65. The lowest BCUT2D eigenvalue weighted by Gasteiger charge is -2.09. The number of hydrogen-bond acceptors (Lipinski definition) is 4. The Bertz CT molecular complexity index is 533. The highest BCUT2D eigenvalue weighted by Crippen LogP contribution is 2.22. The predicted octanol–water partition coefficient (Wildman–Crippen LogP) is 1.23. The molecule has 0 aliphatic heterocycles. The van der Waals surface area contributed by atoms with Gasteiger partial charge in [-0.15, -0.1) is 0 Å². The van der Waals surface area contributed by atoms with Crippen LogP contribution in [0, 0.1) is 6.92 Å². The van der Waals surface area contributed by atoms with E-state index < -0.39 is 0 Å². The van der Waals surface area contributed by atoms with E-state index in [-0.39, 0.29) is 11.8 Å². The monoisotopic (exact) mass is 219 g/mol. The van der Waals surface area contributed by atoms with Gasteiger partial charge in [-0.05, 0) is 24.6 Å². The molecule has 1 amide bonds. The average molecular weight is 219 g/mol. The number of carbonyl (C=O) groups excluding carboxylic acids is 1. The molecule has 0 saturated heterocycles. The number of hydrogen-bond donors (Lipinski definition) is 2. The molecule has 0 saturated carbocycles. The topological polar surface area (TPSA) is 81.2 Å². The zero-order valence-electron chi connectivity index (χ0n) is 9.15. The summed E-state index contributed by atoms with van der Waals surface area (Å²) in [6, 6.07) is 5.50. The molecule has 0 bridgehead atoms. The summed E-state index contributed by atoms with van der Waals surface area (Å²) >= 11 is 0. The highest BCUT2D eigenvalue weighted by atomic mass is 16.3. The summed E-state index contributed by atoms with van der Waals surface area (Å²) in [7, 11) is 0. The zero-order valence-corrected chi connectivity index (χ0v) is 9.15. The van der Waals surface area contributed by atoms with Crippen molar-refractivity contribution in [3.05, 3.63) is 29.7 Å². The summed E-state index contributed by atoms with van der Waals surface area (Å²) in [5.74, 6) is 5.17. The summed E-state index contributed by atoms with van der Waals surface area (Å²) in [6.07, 6.45) is 0. The molecule has 0 spiro atoms. The van der Waals surface area contributed by atoms with Crippen LogP contribution in [0.15, 0.2) is 22.6 Å². The van der Waals surface area contributed by atoms with Crippen molar-refractivity contribution in [3.8, 4) is 0 Å². The third-order valence-corrected chi connectivity index (χ3v) is 2.55. The minimum Gasteiger partial charge on any atom is -0.441 e. The molecule has 2 rings (SSSR count). The highest BCUT2D eigenvalue weighted by Gasteiger charge is 2.15. The SMILES string of the molecule is Cc1nc2ccc(C(C)C(=O)NN)cc2o1. The second-order valence-electron chi connectivity index (χ2n) is 3.69. The van der Waals surface area contributed by atoms with Gasteiger partial charge in [-0.3, -0.25) is 10.2 Å². The number of benzene rings is 1. The van der Waals surface area contributed by atoms with Crippen molar-refractivity contribution in [1.29, 1.82) is 0 Å². The maximum atomic E-state index is 11.4. The van der Waals surface area contributed by atoms with E-state index in [4.69, 9.17) is 10.3 Å². The number of rotatable bonds is 2. The van der Waals surface area contributed by atoms with Crippen LogP contribution in [-0.4, -0.2) is 10.9 Å². The number of aryl methyl sites for hydroxylation is 1. The summed E-state index contributed by atoms with van der Waals surface area (Å²) < 4.78 is 5.40. The first-order chi connectivity index (χ1) is 7.61. The van der Waals surface area contributed by atoms with E-state index in [1.54, 1.807) is 13.8 Å². The number of nitrogens with zero attached hydrogens (tertiary/aromatic N) is 1. The molecule has 84 valence electrons. The first-order valence-corrected chi connectivity index (χ1v) is 4.99. The lowest BCUT2D eigenvalue weighted by Crippen LogP contribution is -2.33. The fourth-order valence-corrected chi connectivity index (χ4v) is 1.60. The Morgan fingerprint density at radius 3 is 3.00 bits per heavy atom. The third-order valence-electron chi connectivity index (χ3n) is 2.55. The largest absolute Gasteiger partial charge is 0.441 e. The number of carbonyl (C=O) groups is 1. The van der Waals surface area contributed by atoms with Gasteiger partial charge in [0.25, 0.3) is 0 Å². The van der Waals surface area contributed by atoms with Crippen molar-refractivity contribution in [2.24, 2.45) is 5.84 Å². The van der Waals surface area contributed by atoms with Gasteiger partial charge in [0, 0.05) is 6.92 Å². The van der Waals surface area contributed by atoms with E-state index in [1.807, 2.05) is 18.2 Å². The predicted molar refractivity (Wildman–Crippen MR) is 59.5 cm³/mol. The zero-order chi connectivity index (χ0) is 11.7. The number of oxazole rings is 1. The van der Waals surface area contributed by atoms with Gasteiger partial charge in [-0.1, -0.05) is 6.07 Å². The second-order valence-corrected chi connectivity index (χ2v) is 3.69. The molecule has 0 fully saturated rings. The molecule has 0 aliphatic rings. The molecule has 1 aromatic carbocycles. The molecule has 1 unspecified atom stereocenters. The van der Waals surface area contributed by atoms with Gasteiger partial charge in [0.05, 0.1) is 5.92 Å². The minimum atomic E-state index is -0.306. The Morgan fingerprint density at radius 2 is 2.31 bits per heavy atom. The number of amides is 1. The van der Waals surface area contributed by atoms with Crippen molar-refractivity contribution >= 4 is 17.0 Å². The summed E-state index contributed by atoms with van der Waals surface area (Å²) in [6.45, 7) is 3.57. The molecule has 1 atom stereocenters. The van der Waals surface area contributed by atoms with Gasteiger partial charge in [0.1, 0.15) is 5.52 Å². The summed E-state index contributed by atoms with van der Waals surface area (Å²) in [5.41, 5.74) is 4.46. The van der Waals surface area contributed by atoms with Crippen molar-refractivity contribution < 1.29 is 9.21 Å². The van der Waals surface area contributed by atoms with E-state index in [9.17, 15) is 4.79 Å². The molecule has 1 aromatic heterocycles. The lowest BCUT2D eigenvalue weighted by atomic mass is 10.0. The third kappa shape index (κ3) is 1.77. The molecule has 16 heavy (non-hydrogen) atoms. The molecule has 5 heteroatoms. The maximum Gasteiger partial charge on any atom is 0.241 e. The number of nitrogens with one attached hydrogen (secondary N) is 1. The first kappa shape index (κ1) is 10.6. The number of nitrogens with two attached hydrogens (primary N) is 1. The molecule has 2 aromatic rings. The van der Waals surface area contributed by atoms with Crippen molar-refractivity contribution in [2.45, 2.75) is 19.8 Å². The van der Waals surface area contributed by atoms with E-state index in [2.05, 4.69) is 10.4 Å². The molecule has 3 N–H and O–H groups in total. The molecule has 5 nitrogen and oxygen atoms in total. The molecular formula is C11H13N3O2. The normalized spacial score (nSPS) is 12.7. The van der Waals surface area contributed by atoms with Gasteiger partial charge in [0.2, 0.25) is 5.91 Å². The fraction of sp³-hybridized carbons (Fsp3) is 0.273. The van der Waals surface area contributed by atoms with Crippen LogP contribution in [0.1, 0.15) is 24.3 Å². The van der Waals surface area contributed by atoms with E-state index in [0.717, 1.165) is 11.1 Å². The Kier molecular flexibility index (Phi) is 2.62. The molecular weight excluding hydrogens is 206 g/mol. The Morgan fingerprint density at radius 1 is 1.56 bits per heavy atom. The van der Waals surface area contributed by atoms with Gasteiger partial charge < -0.3 is 4.42 Å². The van der Waals surface area contributed by atoms with E-state index in [1.165, 1.54) is 0 Å². The minimum absolute atomic E-state index is 0.226. The smallest absolute Gasteiger partial charge is 0.241 e. The van der Waals surface area contributed by atoms with Crippen LogP contribution < -0.4 is 11.3 Å². The second kappa shape index (κ2) is 3.94. The number of aromatic nitrogens is 1. The van der Waals surface area contributed by atoms with Crippen molar-refractivity contribution in [1.82, 2.24) is 10.4 Å². The van der Waals surface area contributed by atoms with Crippen molar-refractivity contribution in [3.63, 3.8) is 0 Å². The van der Waals surface area contributed by atoms with E-state index >= 15 is 0 Å². The standard InChI is InChI=1S/C11H13N3O2/c1-6(11(15)14-12)8-3-4-9-10(5-8)16-7(2)13-9/h3-6H,12H2,1-2H3,(H,14,15). The van der Waals surface area contributed by atoms with Crippen LogP contribution in [0.2, 0.25) is 0 Å². The summed E-state index contributed by atoms with van der Waals surface area (Å²) in [4.78, 5) is 15.6. The Labute approximate surface area is 92.6 Å². The molecule has 1 heterocycles. The number of fused-ring (bicyclic) bond motifs is 1. The summed E-state index contributed by atoms with van der Waals surface area (Å²) in [5, 5.41) is 0. The van der Waals surface area contributed by atoms with Gasteiger partial charge in [-0.2, -0.15) is 0 Å². The highest BCUT2D eigenvalue weighted by molar-refractivity contribution is 5.84. The quantitative estimate of drug-likeness (QED) is 0.452. The first-order valence-electron chi connectivity index (χ1n) is 4.99. The molecule has 0 aliphatic carbocycles. The number of hydrazine groups is 1. The van der Waals surface area contributed by atoms with Crippen LogP contribution in [0.25, 0.3) is 11.1 Å².